The van der Waals surface area contributed by atoms with E-state index in [1.165, 1.54) is 0 Å². The maximum atomic E-state index is 11.8. The van der Waals surface area contributed by atoms with Gasteiger partial charge in [0.1, 0.15) is 6.04 Å². The number of hydrogen-bond donors (Lipinski definition) is 5. The molecule has 0 unspecified atom stereocenters. The molecule has 0 aromatic heterocycles. The van der Waals surface area contributed by atoms with Gasteiger partial charge in [0.25, 0.3) is 0 Å². The number of carbonyl (C=O) groups is 4. The van der Waals surface area contributed by atoms with E-state index in [1.807, 2.05) is 0 Å². The number of esters is 1. The van der Waals surface area contributed by atoms with E-state index in [9.17, 15) is 19.2 Å². The second kappa shape index (κ2) is 11.6. The quantitative estimate of drug-likeness (QED) is 0.154. The van der Waals surface area contributed by atoms with E-state index in [-0.39, 0.29) is 44.2 Å². The zero-order chi connectivity index (χ0) is 17.3. The molecule has 0 bridgehead atoms. The van der Waals surface area contributed by atoms with Crippen LogP contribution in [0.5, 0.6) is 0 Å². The normalized spacial score (nSPS) is 11.9. The van der Waals surface area contributed by atoms with Gasteiger partial charge in [-0.3, -0.25) is 14.4 Å². The van der Waals surface area contributed by atoms with Gasteiger partial charge in [-0.25, -0.2) is 4.79 Å². The van der Waals surface area contributed by atoms with Crippen molar-refractivity contribution in [1.29, 1.82) is 0 Å². The minimum atomic E-state index is -2.69. The summed E-state index contributed by atoms with van der Waals surface area (Å²) in [5.41, 5.74) is 8.11. The van der Waals surface area contributed by atoms with Crippen LogP contribution in [0.2, 0.25) is 0 Å². The monoisotopic (exact) mass is 362 g/mol. The van der Waals surface area contributed by atoms with Crippen LogP contribution in [0, 0.1) is 0 Å². The van der Waals surface area contributed by atoms with Crippen molar-refractivity contribution in [2.45, 2.75) is 43.7 Å². The Kier molecular flexibility index (Phi) is 12.2. The topological polar surface area (TPSA) is 190 Å². The second-order valence-corrected chi connectivity index (χ2v) is 4.75. The molecule has 0 aliphatic rings. The van der Waals surface area contributed by atoms with Crippen molar-refractivity contribution in [2.75, 3.05) is 6.54 Å². The van der Waals surface area contributed by atoms with Crippen molar-refractivity contribution >= 4 is 61.6 Å². The number of ether oxygens (including phenoxy) is 1. The average Bonchev–Trinajstić information content (AvgIpc) is 2.36. The molecule has 130 valence electrons. The van der Waals surface area contributed by atoms with Crippen LogP contribution in [0.15, 0.2) is 0 Å². The number of rotatable bonds is 11. The minimum absolute atomic E-state index is 0. The first-order valence-electron chi connectivity index (χ1n) is 6.50. The van der Waals surface area contributed by atoms with Gasteiger partial charge in [0.2, 0.25) is 5.60 Å². The molecular formula is C12H22CaN2O8. The third-order valence-corrected chi connectivity index (χ3v) is 2.83. The number of aliphatic carboxylic acids is 3. The second-order valence-electron chi connectivity index (χ2n) is 4.75. The van der Waals surface area contributed by atoms with E-state index in [0.717, 1.165) is 0 Å². The number of hydrogen-bond acceptors (Lipinski definition) is 7. The zero-order valence-electron chi connectivity index (χ0n) is 11.9. The van der Waals surface area contributed by atoms with Crippen LogP contribution in [0.1, 0.15) is 32.1 Å². The molecule has 0 aromatic carbocycles. The van der Waals surface area contributed by atoms with Crippen LogP contribution in [-0.2, 0) is 23.9 Å². The van der Waals surface area contributed by atoms with Gasteiger partial charge in [0.05, 0.1) is 12.8 Å². The summed E-state index contributed by atoms with van der Waals surface area (Å²) in [5.74, 6) is -6.26. The molecule has 0 spiro atoms. The summed E-state index contributed by atoms with van der Waals surface area (Å²) in [5, 5.41) is 26.6. The SMILES string of the molecule is NCCCC[C@H](N)C(=O)OC(CC(=O)O)(CC(=O)O)C(=O)O.[CaH2]. The molecular weight excluding hydrogens is 340 g/mol. The van der Waals surface area contributed by atoms with Crippen molar-refractivity contribution in [3.05, 3.63) is 0 Å². The maximum absolute atomic E-state index is 11.8. The van der Waals surface area contributed by atoms with E-state index in [4.69, 9.17) is 26.8 Å². The molecule has 1 atom stereocenters. The number of carboxylic acids is 3. The van der Waals surface area contributed by atoms with E-state index >= 15 is 0 Å². The average molecular weight is 362 g/mol. The van der Waals surface area contributed by atoms with Gasteiger partial charge in [-0.15, -0.1) is 0 Å². The van der Waals surface area contributed by atoms with Crippen LogP contribution in [0.4, 0.5) is 0 Å². The molecule has 0 saturated heterocycles. The van der Waals surface area contributed by atoms with Gasteiger partial charge in [-0.05, 0) is 19.4 Å². The summed E-state index contributed by atoms with van der Waals surface area (Å²) >= 11 is 0. The zero-order valence-corrected chi connectivity index (χ0v) is 11.9. The fourth-order valence-corrected chi connectivity index (χ4v) is 1.71. The van der Waals surface area contributed by atoms with Gasteiger partial charge in [-0.1, -0.05) is 6.42 Å². The van der Waals surface area contributed by atoms with Crippen LogP contribution < -0.4 is 11.5 Å². The molecule has 23 heavy (non-hydrogen) atoms. The van der Waals surface area contributed by atoms with E-state index in [0.29, 0.717) is 19.4 Å². The Labute approximate surface area is 162 Å². The predicted molar refractivity (Wildman–Crippen MR) is 80.4 cm³/mol. The van der Waals surface area contributed by atoms with Gasteiger partial charge >= 0.3 is 61.6 Å². The summed E-state index contributed by atoms with van der Waals surface area (Å²) in [4.78, 5) is 44.6. The molecule has 0 fully saturated rings. The molecule has 0 amide bonds. The van der Waals surface area contributed by atoms with Crippen LogP contribution in [0.25, 0.3) is 0 Å². The van der Waals surface area contributed by atoms with Crippen LogP contribution >= 0.6 is 0 Å². The van der Waals surface area contributed by atoms with Gasteiger partial charge in [-0.2, -0.15) is 0 Å². The Bertz CT molecular complexity index is 427. The molecule has 7 N–H and O–H groups in total. The van der Waals surface area contributed by atoms with E-state index < -0.39 is 48.4 Å². The fraction of sp³-hybridized carbons (Fsp3) is 0.667. The molecule has 0 radical (unpaired) electrons. The number of carboxylic acid groups (broad SMARTS) is 3. The molecule has 0 saturated carbocycles. The molecule has 10 nitrogen and oxygen atoms in total. The third-order valence-electron chi connectivity index (χ3n) is 2.83. The Morgan fingerprint density at radius 2 is 1.48 bits per heavy atom. The summed E-state index contributed by atoms with van der Waals surface area (Å²) in [6.45, 7) is 0.388. The molecule has 0 rings (SSSR count). The summed E-state index contributed by atoms with van der Waals surface area (Å²) in [7, 11) is 0. The van der Waals surface area contributed by atoms with Crippen LogP contribution in [0.3, 0.4) is 0 Å². The molecule has 0 aromatic rings. The Morgan fingerprint density at radius 3 is 1.83 bits per heavy atom. The van der Waals surface area contributed by atoms with Gasteiger partial charge < -0.3 is 31.5 Å². The van der Waals surface area contributed by atoms with Gasteiger partial charge in [0.15, 0.2) is 0 Å². The first kappa shape index (κ1) is 24.3. The third kappa shape index (κ3) is 9.06. The Balaban J connectivity index is 0. The van der Waals surface area contributed by atoms with Crippen molar-refractivity contribution < 1.29 is 39.2 Å². The molecule has 0 heterocycles. The first-order chi connectivity index (χ1) is 10.1. The molecule has 0 aliphatic carbocycles. The van der Waals surface area contributed by atoms with E-state index in [2.05, 4.69) is 4.74 Å². The first-order valence-corrected chi connectivity index (χ1v) is 6.50. The number of unbranched alkanes of at least 4 members (excludes halogenated alkanes) is 1. The Morgan fingerprint density at radius 1 is 1.00 bits per heavy atom. The standard InChI is InChI=1S/C12H20N2O8.Ca.2H/c13-4-2-1-3-7(14)10(19)22-12(11(20)21,5-8(15)16)6-9(17)18;;;/h7H,1-6,13-14H2,(H,15,16)(H,17,18)(H,20,21);;;/t7-;;;/m0.../s1. The summed E-state index contributed by atoms with van der Waals surface area (Å²) in [6, 6.07) is -1.19. The fourth-order valence-electron chi connectivity index (χ4n) is 1.71. The van der Waals surface area contributed by atoms with Gasteiger partial charge in [0, 0.05) is 0 Å². The molecule has 0 aliphatic heterocycles. The van der Waals surface area contributed by atoms with Crippen molar-refractivity contribution in [2.24, 2.45) is 11.5 Å². The number of nitrogens with two attached hydrogens (primary N) is 2. The summed E-state index contributed by atoms with van der Waals surface area (Å²) < 4.78 is 4.66. The van der Waals surface area contributed by atoms with E-state index in [1.54, 1.807) is 0 Å². The number of carbonyl (C=O) groups excluding carboxylic acids is 1. The Hall–Kier alpha value is -0.940. The summed E-state index contributed by atoms with van der Waals surface area (Å²) in [6.07, 6.45) is -1.13. The van der Waals surface area contributed by atoms with Crippen LogP contribution in [-0.4, -0.2) is 95.1 Å². The van der Waals surface area contributed by atoms with Crippen molar-refractivity contribution in [1.82, 2.24) is 0 Å². The predicted octanol–water partition coefficient (Wildman–Crippen LogP) is -2.16. The molecule has 11 heteroatoms. The van der Waals surface area contributed by atoms with Crippen molar-refractivity contribution in [3.63, 3.8) is 0 Å². The van der Waals surface area contributed by atoms with Crippen molar-refractivity contribution in [3.8, 4) is 0 Å².